The number of methoxy groups -OCH3 is 3. The highest BCUT2D eigenvalue weighted by Crippen LogP contribution is 2.49. The van der Waals surface area contributed by atoms with Gasteiger partial charge in [0.2, 0.25) is 11.7 Å². The van der Waals surface area contributed by atoms with Crippen LogP contribution in [0.4, 0.5) is 18.9 Å². The molecule has 1 amide bonds. The quantitative estimate of drug-likeness (QED) is 0.591. The zero-order chi connectivity index (χ0) is 24.6. The normalized spacial score (nSPS) is 18.6. The minimum absolute atomic E-state index is 0.0442. The highest BCUT2D eigenvalue weighted by molar-refractivity contribution is 6.07. The van der Waals surface area contributed by atoms with Gasteiger partial charge in [-0.05, 0) is 43.2 Å². The minimum atomic E-state index is -4.48. The van der Waals surface area contributed by atoms with Crippen molar-refractivity contribution in [2.75, 3.05) is 26.2 Å². The highest BCUT2D eigenvalue weighted by Gasteiger charge is 2.41. The van der Waals surface area contributed by atoms with Crippen LogP contribution in [-0.2, 0) is 15.8 Å². The smallest absolute Gasteiger partial charge is 0.416 e. The van der Waals surface area contributed by atoms with Gasteiger partial charge in [-0.1, -0.05) is 6.07 Å². The zero-order valence-corrected chi connectivity index (χ0v) is 19.0. The second-order valence-corrected chi connectivity index (χ2v) is 8.09. The van der Waals surface area contributed by atoms with E-state index in [4.69, 9.17) is 14.2 Å². The van der Waals surface area contributed by atoms with Gasteiger partial charge in [-0.3, -0.25) is 14.5 Å². The molecule has 0 aromatic heterocycles. The molecule has 0 saturated heterocycles. The lowest BCUT2D eigenvalue weighted by atomic mass is 9.76. The summed E-state index contributed by atoms with van der Waals surface area (Å²) in [5.74, 6) is 0.192. The van der Waals surface area contributed by atoms with Crippen LogP contribution < -0.4 is 19.1 Å². The van der Waals surface area contributed by atoms with Gasteiger partial charge < -0.3 is 14.2 Å². The molecule has 34 heavy (non-hydrogen) atoms. The van der Waals surface area contributed by atoms with Crippen molar-refractivity contribution >= 4 is 17.4 Å². The van der Waals surface area contributed by atoms with Gasteiger partial charge in [-0.15, -0.1) is 0 Å². The monoisotopic (exact) mass is 475 g/mol. The Morgan fingerprint density at radius 2 is 1.56 bits per heavy atom. The Balaban J connectivity index is 1.85. The van der Waals surface area contributed by atoms with Crippen LogP contribution in [0.2, 0.25) is 0 Å². The maximum Gasteiger partial charge on any atom is 0.416 e. The number of carbonyl (C=O) groups excluding carboxylic acids is 2. The summed E-state index contributed by atoms with van der Waals surface area (Å²) in [5, 5.41) is 0. The second-order valence-electron chi connectivity index (χ2n) is 8.09. The van der Waals surface area contributed by atoms with Crippen LogP contribution in [0.1, 0.15) is 42.7 Å². The summed E-state index contributed by atoms with van der Waals surface area (Å²) in [6, 6.07) is 7.85. The number of hydrogen-bond acceptors (Lipinski definition) is 5. The molecule has 1 atom stereocenters. The lowest BCUT2D eigenvalue weighted by molar-refractivity contribution is -0.137. The van der Waals surface area contributed by atoms with Crippen molar-refractivity contribution in [2.45, 2.75) is 37.8 Å². The summed E-state index contributed by atoms with van der Waals surface area (Å²) in [6.07, 6.45) is -3.18. The average Bonchev–Trinajstić information content (AvgIpc) is 2.82. The largest absolute Gasteiger partial charge is 0.493 e. The molecule has 6 nitrogen and oxygen atoms in total. The van der Waals surface area contributed by atoms with Crippen LogP contribution in [0.15, 0.2) is 47.7 Å². The third kappa shape index (κ3) is 3.99. The Kier molecular flexibility index (Phi) is 6.29. The molecule has 0 spiro atoms. The van der Waals surface area contributed by atoms with Crippen molar-refractivity contribution in [2.24, 2.45) is 0 Å². The van der Waals surface area contributed by atoms with Gasteiger partial charge in [0, 0.05) is 41.3 Å². The molecule has 2 aliphatic rings. The molecule has 9 heteroatoms. The van der Waals surface area contributed by atoms with Gasteiger partial charge in [-0.2, -0.15) is 13.2 Å². The maximum absolute atomic E-state index is 13.4. The van der Waals surface area contributed by atoms with Crippen molar-refractivity contribution in [3.63, 3.8) is 0 Å². The van der Waals surface area contributed by atoms with Gasteiger partial charge in [0.15, 0.2) is 17.3 Å². The van der Waals surface area contributed by atoms with Gasteiger partial charge in [0.05, 0.1) is 26.9 Å². The Morgan fingerprint density at radius 1 is 0.882 bits per heavy atom. The number of ether oxygens (including phenoxy) is 3. The first-order chi connectivity index (χ1) is 16.2. The number of allylic oxidation sites excluding steroid dienone is 2. The van der Waals surface area contributed by atoms with Crippen LogP contribution in [-0.4, -0.2) is 33.0 Å². The molecular weight excluding hydrogens is 451 g/mol. The number of halogens is 3. The molecule has 2 aromatic rings. The van der Waals surface area contributed by atoms with E-state index in [9.17, 15) is 22.8 Å². The lowest BCUT2D eigenvalue weighted by Crippen LogP contribution is -2.40. The number of rotatable bonds is 5. The van der Waals surface area contributed by atoms with Crippen LogP contribution in [0.3, 0.4) is 0 Å². The first kappa shape index (κ1) is 23.7. The van der Waals surface area contributed by atoms with E-state index in [2.05, 4.69) is 0 Å². The molecule has 0 unspecified atom stereocenters. The number of amides is 1. The Morgan fingerprint density at radius 3 is 2.15 bits per heavy atom. The summed E-state index contributed by atoms with van der Waals surface area (Å²) in [6.45, 7) is 0. The van der Waals surface area contributed by atoms with Gasteiger partial charge in [-0.25, -0.2) is 0 Å². The highest BCUT2D eigenvalue weighted by atomic mass is 19.4. The van der Waals surface area contributed by atoms with Gasteiger partial charge in [0.25, 0.3) is 0 Å². The maximum atomic E-state index is 13.4. The first-order valence-corrected chi connectivity index (χ1v) is 10.8. The molecule has 0 radical (unpaired) electrons. The lowest BCUT2D eigenvalue weighted by Gasteiger charge is -2.38. The standard InChI is InChI=1S/C25H24F3NO5/c1-32-20-12-11-16(23(33-2)24(20)34-3)17-13-21(31)29(18-5-4-6-19(30)22(17)18)15-9-7-14(8-10-15)25(26,27)28/h7-12,17H,4-6,13H2,1-3H3/t17-/m1/s1. The van der Waals surface area contributed by atoms with Gasteiger partial charge >= 0.3 is 6.18 Å². The number of hydrogen-bond donors (Lipinski definition) is 0. The molecule has 1 heterocycles. The Hall–Kier alpha value is -3.49. The zero-order valence-electron chi connectivity index (χ0n) is 19.0. The molecule has 180 valence electrons. The van der Waals surface area contributed by atoms with E-state index in [1.165, 1.54) is 38.4 Å². The molecule has 0 N–H and O–H groups in total. The van der Waals surface area contributed by atoms with Crippen molar-refractivity contribution in [1.29, 1.82) is 0 Å². The Bertz CT molecular complexity index is 1150. The van der Waals surface area contributed by atoms with E-state index in [1.54, 1.807) is 12.1 Å². The topological polar surface area (TPSA) is 65.1 Å². The van der Waals surface area contributed by atoms with Crippen molar-refractivity contribution < 1.29 is 37.0 Å². The molecule has 0 fully saturated rings. The van der Waals surface area contributed by atoms with E-state index in [1.807, 2.05) is 0 Å². The number of nitrogens with zero attached hydrogens (tertiary/aromatic N) is 1. The summed E-state index contributed by atoms with van der Waals surface area (Å²) in [7, 11) is 4.44. The average molecular weight is 475 g/mol. The fourth-order valence-electron chi connectivity index (χ4n) is 4.76. The molecule has 1 aliphatic carbocycles. The number of Topliss-reactive ketones (excluding diaryl/α,β-unsaturated/α-hetero) is 1. The number of carbonyl (C=O) groups is 2. The number of benzene rings is 2. The predicted molar refractivity (Wildman–Crippen MR) is 118 cm³/mol. The molecule has 2 aromatic carbocycles. The molecule has 4 rings (SSSR count). The van der Waals surface area contributed by atoms with Crippen molar-refractivity contribution in [3.05, 3.63) is 58.8 Å². The minimum Gasteiger partial charge on any atom is -0.493 e. The third-order valence-corrected chi connectivity index (χ3v) is 6.24. The number of alkyl halides is 3. The summed E-state index contributed by atoms with van der Waals surface area (Å²) in [5.41, 5.74) is 1.12. The van der Waals surface area contributed by atoms with E-state index in [-0.39, 0.29) is 18.1 Å². The van der Waals surface area contributed by atoms with Crippen LogP contribution >= 0.6 is 0 Å². The summed E-state index contributed by atoms with van der Waals surface area (Å²) in [4.78, 5) is 27.9. The predicted octanol–water partition coefficient (Wildman–Crippen LogP) is 5.26. The summed E-state index contributed by atoms with van der Waals surface area (Å²) >= 11 is 0. The SMILES string of the molecule is COc1ccc([C@H]2CC(=O)N(c3ccc(C(F)(F)F)cc3)C3=C2C(=O)CCC3)c(OC)c1OC. The third-order valence-electron chi connectivity index (χ3n) is 6.24. The Labute approximate surface area is 194 Å². The fourth-order valence-corrected chi connectivity index (χ4v) is 4.76. The van der Waals surface area contributed by atoms with Crippen molar-refractivity contribution in [3.8, 4) is 17.2 Å². The second kappa shape index (κ2) is 9.04. The van der Waals surface area contributed by atoms with E-state index < -0.39 is 17.7 Å². The number of anilines is 1. The van der Waals surface area contributed by atoms with Crippen molar-refractivity contribution in [1.82, 2.24) is 0 Å². The summed E-state index contributed by atoms with van der Waals surface area (Å²) < 4.78 is 55.5. The molecule has 0 bridgehead atoms. The van der Waals surface area contributed by atoms with E-state index >= 15 is 0 Å². The molecule has 0 saturated carbocycles. The van der Waals surface area contributed by atoms with E-state index in [0.717, 1.165) is 12.1 Å². The van der Waals surface area contributed by atoms with Crippen LogP contribution in [0.25, 0.3) is 0 Å². The van der Waals surface area contributed by atoms with Gasteiger partial charge in [0.1, 0.15) is 0 Å². The van der Waals surface area contributed by atoms with Crippen LogP contribution in [0, 0.1) is 0 Å². The number of ketones is 1. The molecular formula is C25H24F3NO5. The van der Waals surface area contributed by atoms with Crippen LogP contribution in [0.5, 0.6) is 17.2 Å². The molecule has 1 aliphatic heterocycles. The fraction of sp³-hybridized carbons (Fsp3) is 0.360. The van der Waals surface area contributed by atoms with E-state index in [0.29, 0.717) is 59.0 Å². The first-order valence-electron chi connectivity index (χ1n) is 10.8.